The topological polar surface area (TPSA) is 35.5 Å². The molecule has 2 aromatic carbocycles. The molecule has 3 rings (SSSR count). The SMILES string of the molecule is O=C(CCCc1ccccc1)C1COc2ccccc2O1. The van der Waals surface area contributed by atoms with Crippen LogP contribution in [0.25, 0.3) is 0 Å². The standard InChI is InChI=1S/C18H18O3/c19-15(10-6-9-14-7-2-1-3-8-14)18-13-20-16-11-4-5-12-17(16)21-18/h1-5,7-8,11-12,18H,6,9-10,13H2. The van der Waals surface area contributed by atoms with E-state index in [9.17, 15) is 4.79 Å². The number of hydrogen-bond acceptors (Lipinski definition) is 3. The van der Waals surface area contributed by atoms with Gasteiger partial charge in [-0.1, -0.05) is 42.5 Å². The fourth-order valence-electron chi connectivity index (χ4n) is 2.45. The minimum Gasteiger partial charge on any atom is -0.485 e. The highest BCUT2D eigenvalue weighted by molar-refractivity contribution is 5.84. The molecule has 0 N–H and O–H groups in total. The fourth-order valence-corrected chi connectivity index (χ4v) is 2.45. The van der Waals surface area contributed by atoms with Crippen molar-refractivity contribution in [1.82, 2.24) is 0 Å². The van der Waals surface area contributed by atoms with Crippen LogP contribution in [-0.4, -0.2) is 18.5 Å². The molecule has 1 heterocycles. The zero-order valence-electron chi connectivity index (χ0n) is 11.8. The Morgan fingerprint density at radius 3 is 2.52 bits per heavy atom. The van der Waals surface area contributed by atoms with E-state index in [4.69, 9.17) is 9.47 Å². The van der Waals surface area contributed by atoms with Crippen LogP contribution in [0.1, 0.15) is 18.4 Å². The second-order valence-electron chi connectivity index (χ2n) is 5.17. The summed E-state index contributed by atoms with van der Waals surface area (Å²) in [6, 6.07) is 17.7. The highest BCUT2D eigenvalue weighted by atomic mass is 16.6. The van der Waals surface area contributed by atoms with Gasteiger partial charge in [0, 0.05) is 6.42 Å². The van der Waals surface area contributed by atoms with Gasteiger partial charge in [0.1, 0.15) is 6.61 Å². The molecule has 0 fully saturated rings. The molecule has 0 spiro atoms. The van der Waals surface area contributed by atoms with Gasteiger partial charge in [0.05, 0.1) is 0 Å². The van der Waals surface area contributed by atoms with E-state index < -0.39 is 6.10 Å². The van der Waals surface area contributed by atoms with Gasteiger partial charge < -0.3 is 9.47 Å². The predicted molar refractivity (Wildman–Crippen MR) is 80.7 cm³/mol. The minimum absolute atomic E-state index is 0.112. The number of carbonyl (C=O) groups is 1. The van der Waals surface area contributed by atoms with Crippen molar-refractivity contribution in [3.05, 3.63) is 60.2 Å². The second kappa shape index (κ2) is 6.44. The summed E-state index contributed by atoms with van der Waals surface area (Å²) in [4.78, 5) is 12.2. The number of Topliss-reactive ketones (excluding diaryl/α,β-unsaturated/α-hetero) is 1. The molecule has 0 saturated heterocycles. The molecular formula is C18H18O3. The molecule has 108 valence electrons. The van der Waals surface area contributed by atoms with E-state index in [0.29, 0.717) is 24.5 Å². The third-order valence-electron chi connectivity index (χ3n) is 3.60. The van der Waals surface area contributed by atoms with Crippen LogP contribution < -0.4 is 9.47 Å². The molecule has 1 unspecified atom stereocenters. The Kier molecular flexibility index (Phi) is 4.20. The lowest BCUT2D eigenvalue weighted by molar-refractivity contribution is -0.128. The molecule has 3 heteroatoms. The van der Waals surface area contributed by atoms with Crippen LogP contribution in [0.2, 0.25) is 0 Å². The number of ether oxygens (including phenoxy) is 2. The van der Waals surface area contributed by atoms with E-state index in [2.05, 4.69) is 12.1 Å². The molecule has 3 nitrogen and oxygen atoms in total. The summed E-state index contributed by atoms with van der Waals surface area (Å²) in [5.74, 6) is 1.48. The lowest BCUT2D eigenvalue weighted by Crippen LogP contribution is -2.36. The maximum absolute atomic E-state index is 12.2. The first kappa shape index (κ1) is 13.7. The molecule has 0 saturated carbocycles. The molecule has 21 heavy (non-hydrogen) atoms. The van der Waals surface area contributed by atoms with E-state index in [-0.39, 0.29) is 5.78 Å². The average molecular weight is 282 g/mol. The molecular weight excluding hydrogens is 264 g/mol. The van der Waals surface area contributed by atoms with Gasteiger partial charge in [-0.2, -0.15) is 0 Å². The molecule has 0 aliphatic carbocycles. The van der Waals surface area contributed by atoms with Crippen molar-refractivity contribution in [3.63, 3.8) is 0 Å². The van der Waals surface area contributed by atoms with Gasteiger partial charge in [-0.15, -0.1) is 0 Å². The number of para-hydroxylation sites is 2. The molecule has 1 atom stereocenters. The first-order valence-electron chi connectivity index (χ1n) is 7.28. The molecule has 0 bridgehead atoms. The summed E-state index contributed by atoms with van der Waals surface area (Å²) in [5, 5.41) is 0. The normalized spacial score (nSPS) is 16.5. The quantitative estimate of drug-likeness (QED) is 0.843. The summed E-state index contributed by atoms with van der Waals surface area (Å²) < 4.78 is 11.3. The van der Waals surface area contributed by atoms with Gasteiger partial charge in [-0.05, 0) is 30.5 Å². The van der Waals surface area contributed by atoms with Crippen LogP contribution in [0.15, 0.2) is 54.6 Å². The maximum Gasteiger partial charge on any atom is 0.190 e. The second-order valence-corrected chi connectivity index (χ2v) is 5.17. The van der Waals surface area contributed by atoms with Crippen LogP contribution in [0.5, 0.6) is 11.5 Å². The Morgan fingerprint density at radius 2 is 1.71 bits per heavy atom. The van der Waals surface area contributed by atoms with Crippen molar-refractivity contribution in [2.45, 2.75) is 25.4 Å². The lowest BCUT2D eigenvalue weighted by atomic mass is 10.0. The molecule has 2 aromatic rings. The summed E-state index contributed by atoms with van der Waals surface area (Å²) in [6.07, 6.45) is 1.79. The zero-order valence-corrected chi connectivity index (χ0v) is 11.8. The lowest BCUT2D eigenvalue weighted by Gasteiger charge is -2.25. The van der Waals surface area contributed by atoms with Gasteiger partial charge in [0.2, 0.25) is 0 Å². The third-order valence-corrected chi connectivity index (χ3v) is 3.60. The van der Waals surface area contributed by atoms with E-state index in [1.807, 2.05) is 42.5 Å². The Bertz CT molecular complexity index is 607. The highest BCUT2D eigenvalue weighted by Gasteiger charge is 2.26. The van der Waals surface area contributed by atoms with E-state index in [0.717, 1.165) is 12.8 Å². The van der Waals surface area contributed by atoms with Crippen molar-refractivity contribution in [3.8, 4) is 11.5 Å². The highest BCUT2D eigenvalue weighted by Crippen LogP contribution is 2.31. The molecule has 1 aliphatic heterocycles. The number of fused-ring (bicyclic) bond motifs is 1. The summed E-state index contributed by atoms with van der Waals surface area (Å²) >= 11 is 0. The van der Waals surface area contributed by atoms with Crippen LogP contribution in [0.4, 0.5) is 0 Å². The first-order chi connectivity index (χ1) is 10.3. The Hall–Kier alpha value is -2.29. The fraction of sp³-hybridized carbons (Fsp3) is 0.278. The summed E-state index contributed by atoms with van der Waals surface area (Å²) in [7, 11) is 0. The largest absolute Gasteiger partial charge is 0.485 e. The third kappa shape index (κ3) is 3.43. The van der Waals surface area contributed by atoms with Crippen molar-refractivity contribution >= 4 is 5.78 Å². The average Bonchev–Trinajstić information content (AvgIpc) is 2.55. The Morgan fingerprint density at radius 1 is 1.00 bits per heavy atom. The van der Waals surface area contributed by atoms with E-state index >= 15 is 0 Å². The van der Waals surface area contributed by atoms with Crippen LogP contribution in [0, 0.1) is 0 Å². The minimum atomic E-state index is -0.476. The number of aryl methyl sites for hydroxylation is 1. The molecule has 0 radical (unpaired) electrons. The summed E-state index contributed by atoms with van der Waals surface area (Å²) in [6.45, 7) is 0.307. The van der Waals surface area contributed by atoms with Crippen molar-refractivity contribution in [1.29, 1.82) is 0 Å². The molecule has 1 aliphatic rings. The van der Waals surface area contributed by atoms with Crippen molar-refractivity contribution in [2.24, 2.45) is 0 Å². The van der Waals surface area contributed by atoms with Gasteiger partial charge in [-0.25, -0.2) is 0 Å². The van der Waals surface area contributed by atoms with Crippen molar-refractivity contribution < 1.29 is 14.3 Å². The van der Waals surface area contributed by atoms with Gasteiger partial charge in [0.15, 0.2) is 23.4 Å². The smallest absolute Gasteiger partial charge is 0.190 e. The number of ketones is 1. The van der Waals surface area contributed by atoms with Crippen molar-refractivity contribution in [2.75, 3.05) is 6.61 Å². The first-order valence-corrected chi connectivity index (χ1v) is 7.28. The van der Waals surface area contributed by atoms with Crippen LogP contribution in [0.3, 0.4) is 0 Å². The molecule has 0 aromatic heterocycles. The van der Waals surface area contributed by atoms with E-state index in [1.54, 1.807) is 0 Å². The Labute approximate surface area is 124 Å². The van der Waals surface area contributed by atoms with E-state index in [1.165, 1.54) is 5.56 Å². The van der Waals surface area contributed by atoms with Gasteiger partial charge in [-0.3, -0.25) is 4.79 Å². The number of carbonyl (C=O) groups excluding carboxylic acids is 1. The number of benzene rings is 2. The zero-order chi connectivity index (χ0) is 14.5. The molecule has 0 amide bonds. The Balaban J connectivity index is 1.50. The monoisotopic (exact) mass is 282 g/mol. The maximum atomic E-state index is 12.2. The van der Waals surface area contributed by atoms with Gasteiger partial charge >= 0.3 is 0 Å². The van der Waals surface area contributed by atoms with Crippen LogP contribution >= 0.6 is 0 Å². The van der Waals surface area contributed by atoms with Crippen LogP contribution in [-0.2, 0) is 11.2 Å². The van der Waals surface area contributed by atoms with Gasteiger partial charge in [0.25, 0.3) is 0 Å². The number of hydrogen-bond donors (Lipinski definition) is 0. The predicted octanol–water partition coefficient (Wildman–Crippen LogP) is 3.42. The number of rotatable bonds is 5. The summed E-state index contributed by atoms with van der Waals surface area (Å²) in [5.41, 5.74) is 1.26.